The van der Waals surface area contributed by atoms with Crippen molar-refractivity contribution in [1.82, 2.24) is 0 Å². The number of rotatable bonds is 52. The molecule has 0 amide bonds. The summed E-state index contributed by atoms with van der Waals surface area (Å²) >= 11 is 0. The van der Waals surface area contributed by atoms with E-state index in [1.807, 2.05) is 12.2 Å². The maximum Gasteiger partial charge on any atom is 0.306 e. The van der Waals surface area contributed by atoms with Crippen LogP contribution in [-0.4, -0.2) is 37.2 Å². The maximum absolute atomic E-state index is 12.8. The van der Waals surface area contributed by atoms with Crippen molar-refractivity contribution in [2.75, 3.05) is 13.2 Å². The molecule has 0 aliphatic carbocycles. The Labute approximate surface area is 421 Å². The molecule has 0 spiro atoms. The van der Waals surface area contributed by atoms with E-state index in [2.05, 4.69) is 81.5 Å². The van der Waals surface area contributed by atoms with Gasteiger partial charge in [0, 0.05) is 19.3 Å². The second-order valence-electron chi connectivity index (χ2n) is 19.2. The van der Waals surface area contributed by atoms with Crippen LogP contribution in [0.4, 0.5) is 0 Å². The van der Waals surface area contributed by atoms with E-state index in [0.29, 0.717) is 19.3 Å². The van der Waals surface area contributed by atoms with Crippen LogP contribution in [0.2, 0.25) is 0 Å². The molecular formula is C62H108O6. The van der Waals surface area contributed by atoms with Crippen molar-refractivity contribution in [2.24, 2.45) is 0 Å². The summed E-state index contributed by atoms with van der Waals surface area (Å²) in [7, 11) is 0. The number of hydrogen-bond acceptors (Lipinski definition) is 6. The maximum atomic E-state index is 12.8. The zero-order valence-electron chi connectivity index (χ0n) is 44.9. The Kier molecular flexibility index (Phi) is 53.8. The van der Waals surface area contributed by atoms with Gasteiger partial charge >= 0.3 is 17.9 Å². The van der Waals surface area contributed by atoms with Crippen LogP contribution in [0.1, 0.15) is 284 Å². The highest BCUT2D eigenvalue weighted by Crippen LogP contribution is 2.16. The topological polar surface area (TPSA) is 78.9 Å². The van der Waals surface area contributed by atoms with Gasteiger partial charge in [0.25, 0.3) is 0 Å². The molecule has 0 heterocycles. The predicted molar refractivity (Wildman–Crippen MR) is 293 cm³/mol. The molecule has 392 valence electrons. The van der Waals surface area contributed by atoms with E-state index in [9.17, 15) is 14.4 Å². The van der Waals surface area contributed by atoms with Crippen molar-refractivity contribution in [2.45, 2.75) is 290 Å². The van der Waals surface area contributed by atoms with Gasteiger partial charge in [-0.2, -0.15) is 0 Å². The summed E-state index contributed by atoms with van der Waals surface area (Å²) in [5.41, 5.74) is 0. The summed E-state index contributed by atoms with van der Waals surface area (Å²) in [4.78, 5) is 38.0. The van der Waals surface area contributed by atoms with Gasteiger partial charge < -0.3 is 14.2 Å². The molecule has 0 bridgehead atoms. The normalized spacial score (nSPS) is 12.6. The molecule has 68 heavy (non-hydrogen) atoms. The highest BCUT2D eigenvalue weighted by Gasteiger charge is 2.19. The van der Waals surface area contributed by atoms with Crippen molar-refractivity contribution in [3.63, 3.8) is 0 Å². The van der Waals surface area contributed by atoms with E-state index in [0.717, 1.165) is 70.6 Å². The summed E-state index contributed by atoms with van der Waals surface area (Å²) in [6.07, 6.45) is 72.2. The summed E-state index contributed by atoms with van der Waals surface area (Å²) in [5.74, 6) is -0.978. The molecule has 0 saturated heterocycles. The number of ether oxygens (including phenoxy) is 3. The fourth-order valence-electron chi connectivity index (χ4n) is 8.13. The standard InChI is InChI=1S/C62H108O6/c1-4-7-10-13-16-19-22-24-25-26-27-28-29-30-31-32-33-34-35-36-37-39-40-43-46-49-52-55-61(64)67-58-59(57-66-60(63)54-51-48-45-42-21-18-15-12-9-6-3)68-62(65)56-53-50-47-44-41-38-23-20-17-14-11-8-5-2/h8,11,17,20,22,24,26-27,38,41,47,50,59H,4-7,9-10,12-16,18-19,21,23,25,28-37,39-40,42-46,48-49,51-58H2,1-3H3/b11-8-,20-17-,24-22-,27-26-,41-38-,50-47-. The number of carbonyl (C=O) groups is 3. The van der Waals surface area contributed by atoms with Crippen molar-refractivity contribution in [3.8, 4) is 0 Å². The van der Waals surface area contributed by atoms with Gasteiger partial charge in [-0.05, 0) is 77.0 Å². The van der Waals surface area contributed by atoms with Crippen LogP contribution in [0.3, 0.4) is 0 Å². The van der Waals surface area contributed by atoms with Gasteiger partial charge in [-0.25, -0.2) is 0 Å². The second-order valence-corrected chi connectivity index (χ2v) is 19.2. The quantitative estimate of drug-likeness (QED) is 0.0262. The van der Waals surface area contributed by atoms with Crippen LogP contribution < -0.4 is 0 Å². The molecule has 0 aliphatic heterocycles. The number of esters is 3. The van der Waals surface area contributed by atoms with Gasteiger partial charge in [0.05, 0.1) is 0 Å². The molecule has 0 rings (SSSR count). The van der Waals surface area contributed by atoms with Crippen LogP contribution in [0, 0.1) is 0 Å². The lowest BCUT2D eigenvalue weighted by atomic mass is 10.0. The molecule has 0 N–H and O–H groups in total. The van der Waals surface area contributed by atoms with Crippen molar-refractivity contribution in [1.29, 1.82) is 0 Å². The van der Waals surface area contributed by atoms with Crippen LogP contribution in [0.25, 0.3) is 0 Å². The van der Waals surface area contributed by atoms with E-state index >= 15 is 0 Å². The lowest BCUT2D eigenvalue weighted by Crippen LogP contribution is -2.30. The number of carbonyl (C=O) groups excluding carboxylic acids is 3. The Hall–Kier alpha value is -3.15. The Balaban J connectivity index is 4.20. The van der Waals surface area contributed by atoms with E-state index in [4.69, 9.17) is 14.2 Å². The van der Waals surface area contributed by atoms with E-state index < -0.39 is 6.10 Å². The third-order valence-electron chi connectivity index (χ3n) is 12.5. The smallest absolute Gasteiger partial charge is 0.306 e. The summed E-state index contributed by atoms with van der Waals surface area (Å²) in [6.45, 7) is 6.45. The Morgan fingerprint density at radius 1 is 0.309 bits per heavy atom. The van der Waals surface area contributed by atoms with Crippen LogP contribution in [0.5, 0.6) is 0 Å². The molecule has 6 nitrogen and oxygen atoms in total. The molecule has 6 heteroatoms. The monoisotopic (exact) mass is 949 g/mol. The molecule has 0 saturated carbocycles. The first kappa shape index (κ1) is 64.8. The average molecular weight is 950 g/mol. The highest BCUT2D eigenvalue weighted by molar-refractivity contribution is 5.71. The fourth-order valence-corrected chi connectivity index (χ4v) is 8.13. The first-order valence-corrected chi connectivity index (χ1v) is 28.9. The van der Waals surface area contributed by atoms with Gasteiger partial charge in [-0.15, -0.1) is 0 Å². The average Bonchev–Trinajstić information content (AvgIpc) is 3.34. The molecule has 0 fully saturated rings. The van der Waals surface area contributed by atoms with Gasteiger partial charge in [-0.1, -0.05) is 261 Å². The highest BCUT2D eigenvalue weighted by atomic mass is 16.6. The second kappa shape index (κ2) is 56.4. The number of unbranched alkanes of at least 4 members (excludes halogenated alkanes) is 29. The zero-order chi connectivity index (χ0) is 49.3. The summed E-state index contributed by atoms with van der Waals surface area (Å²) in [5, 5.41) is 0. The van der Waals surface area contributed by atoms with Gasteiger partial charge in [0.15, 0.2) is 6.10 Å². The molecule has 0 aromatic heterocycles. The molecule has 0 aliphatic rings. The molecule has 0 radical (unpaired) electrons. The minimum atomic E-state index is -0.810. The van der Waals surface area contributed by atoms with Crippen molar-refractivity contribution in [3.05, 3.63) is 72.9 Å². The van der Waals surface area contributed by atoms with Crippen molar-refractivity contribution >= 4 is 17.9 Å². The van der Waals surface area contributed by atoms with Crippen LogP contribution in [-0.2, 0) is 28.6 Å². The third kappa shape index (κ3) is 53.8. The van der Waals surface area contributed by atoms with Crippen molar-refractivity contribution < 1.29 is 28.6 Å². The van der Waals surface area contributed by atoms with E-state index in [1.54, 1.807) is 0 Å². The molecule has 1 unspecified atom stereocenters. The molecule has 0 aromatic carbocycles. The first-order chi connectivity index (χ1) is 33.5. The largest absolute Gasteiger partial charge is 0.462 e. The Morgan fingerprint density at radius 3 is 0.956 bits per heavy atom. The first-order valence-electron chi connectivity index (χ1n) is 28.9. The Bertz CT molecular complexity index is 1270. The molecule has 1 atom stereocenters. The molecular weight excluding hydrogens is 841 g/mol. The van der Waals surface area contributed by atoms with E-state index in [-0.39, 0.29) is 37.5 Å². The minimum Gasteiger partial charge on any atom is -0.462 e. The summed E-state index contributed by atoms with van der Waals surface area (Å²) < 4.78 is 16.7. The Morgan fingerprint density at radius 2 is 0.603 bits per heavy atom. The van der Waals surface area contributed by atoms with Crippen LogP contribution >= 0.6 is 0 Å². The predicted octanol–water partition coefficient (Wildman–Crippen LogP) is 19.4. The minimum absolute atomic E-state index is 0.101. The zero-order valence-corrected chi connectivity index (χ0v) is 44.9. The fraction of sp³-hybridized carbons (Fsp3) is 0.758. The lowest BCUT2D eigenvalue weighted by Gasteiger charge is -2.18. The number of hydrogen-bond donors (Lipinski definition) is 0. The third-order valence-corrected chi connectivity index (χ3v) is 12.5. The molecule has 0 aromatic rings. The van der Waals surface area contributed by atoms with Gasteiger partial charge in [0.2, 0.25) is 0 Å². The van der Waals surface area contributed by atoms with Gasteiger partial charge in [0.1, 0.15) is 13.2 Å². The SMILES string of the molecule is CC/C=C\C/C=C\C/C=C\C/C=C\CCC(=O)OC(COC(=O)CCCCCCCCCCCC)COC(=O)CCCCCCCCCCCCCCCCC/C=C\C/C=C\CCCCCCC. The van der Waals surface area contributed by atoms with E-state index in [1.165, 1.54) is 167 Å². The summed E-state index contributed by atoms with van der Waals surface area (Å²) in [6, 6.07) is 0. The lowest BCUT2D eigenvalue weighted by molar-refractivity contribution is -0.166. The number of allylic oxidation sites excluding steroid dienone is 12. The van der Waals surface area contributed by atoms with Crippen LogP contribution in [0.15, 0.2) is 72.9 Å². The van der Waals surface area contributed by atoms with Gasteiger partial charge in [-0.3, -0.25) is 14.4 Å².